The molecule has 0 radical (unpaired) electrons. The third kappa shape index (κ3) is 4.15. The predicted octanol–water partition coefficient (Wildman–Crippen LogP) is 5.94. The maximum atomic E-state index is 13.7. The second-order valence-corrected chi connectivity index (χ2v) is 9.64. The number of rotatable bonds is 5. The van der Waals surface area contributed by atoms with E-state index in [1.165, 1.54) is 5.56 Å². The van der Waals surface area contributed by atoms with Crippen molar-refractivity contribution in [1.82, 2.24) is 4.90 Å². The molecule has 0 unspecified atom stereocenters. The van der Waals surface area contributed by atoms with Crippen molar-refractivity contribution in [2.75, 3.05) is 11.9 Å². The Morgan fingerprint density at radius 3 is 2.52 bits per heavy atom. The third-order valence-electron chi connectivity index (χ3n) is 5.89. The van der Waals surface area contributed by atoms with Gasteiger partial charge in [0.2, 0.25) is 5.91 Å². The molecule has 0 fully saturated rings. The Morgan fingerprint density at radius 1 is 1.06 bits per heavy atom. The van der Waals surface area contributed by atoms with Gasteiger partial charge in [0.1, 0.15) is 0 Å². The topological polar surface area (TPSA) is 49.4 Å². The number of amides is 2. The molecule has 2 heterocycles. The van der Waals surface area contributed by atoms with Crippen molar-refractivity contribution in [2.24, 2.45) is 5.92 Å². The van der Waals surface area contributed by atoms with E-state index >= 15 is 0 Å². The van der Waals surface area contributed by atoms with Crippen LogP contribution < -0.4 is 5.32 Å². The molecule has 31 heavy (non-hydrogen) atoms. The van der Waals surface area contributed by atoms with Crippen LogP contribution in [0.25, 0.3) is 0 Å². The normalized spacial score (nSPS) is 18.2. The first kappa shape index (κ1) is 21.3. The molecule has 1 aliphatic rings. The standard InChI is InChI=1S/C26H28N2O2S/c1-16(2)15-28-24(22-10-7-13-31-22)23(20-8-5-6-9-21(20)26(28)30)25(29)27-19-12-11-17(3)18(4)14-19/h5-14,16,23-24H,15H2,1-4H3,(H,27,29)/t23-,24-/m0/s1. The summed E-state index contributed by atoms with van der Waals surface area (Å²) in [6.07, 6.45) is 0. The van der Waals surface area contributed by atoms with Crippen LogP contribution in [0.1, 0.15) is 57.7 Å². The van der Waals surface area contributed by atoms with Gasteiger partial charge in [0.25, 0.3) is 5.91 Å². The van der Waals surface area contributed by atoms with Crippen LogP contribution in [0.4, 0.5) is 5.69 Å². The van der Waals surface area contributed by atoms with Crippen molar-refractivity contribution in [3.8, 4) is 0 Å². The van der Waals surface area contributed by atoms with Gasteiger partial charge >= 0.3 is 0 Å². The van der Waals surface area contributed by atoms with Crippen LogP contribution in [-0.4, -0.2) is 23.3 Å². The second kappa shape index (κ2) is 8.67. The smallest absolute Gasteiger partial charge is 0.254 e. The maximum absolute atomic E-state index is 13.7. The van der Waals surface area contributed by atoms with Gasteiger partial charge in [-0.2, -0.15) is 0 Å². The number of benzene rings is 2. The van der Waals surface area contributed by atoms with Crippen molar-refractivity contribution >= 4 is 28.8 Å². The first-order chi connectivity index (χ1) is 14.9. The number of hydrogen-bond donors (Lipinski definition) is 1. The molecule has 3 aromatic rings. The summed E-state index contributed by atoms with van der Waals surface area (Å²) in [5.41, 5.74) is 4.52. The lowest BCUT2D eigenvalue weighted by atomic mass is 9.81. The van der Waals surface area contributed by atoms with Gasteiger partial charge in [0.15, 0.2) is 0 Å². The highest BCUT2D eigenvalue weighted by atomic mass is 32.1. The van der Waals surface area contributed by atoms with Crippen LogP contribution in [0.3, 0.4) is 0 Å². The van der Waals surface area contributed by atoms with E-state index in [4.69, 9.17) is 0 Å². The van der Waals surface area contributed by atoms with Crippen molar-refractivity contribution in [2.45, 2.75) is 39.7 Å². The number of fused-ring (bicyclic) bond motifs is 1. The second-order valence-electron chi connectivity index (χ2n) is 8.66. The first-order valence-corrected chi connectivity index (χ1v) is 11.6. The molecular weight excluding hydrogens is 404 g/mol. The molecule has 0 saturated carbocycles. The van der Waals surface area contributed by atoms with Gasteiger partial charge in [-0.25, -0.2) is 0 Å². The molecule has 0 aliphatic carbocycles. The summed E-state index contributed by atoms with van der Waals surface area (Å²) in [5.74, 6) is -0.277. The van der Waals surface area contributed by atoms with Gasteiger partial charge in [-0.1, -0.05) is 44.2 Å². The van der Waals surface area contributed by atoms with Crippen LogP contribution in [0.5, 0.6) is 0 Å². The zero-order chi connectivity index (χ0) is 22.1. The molecule has 1 aliphatic heterocycles. The van der Waals surface area contributed by atoms with Crippen LogP contribution in [0.2, 0.25) is 0 Å². The Morgan fingerprint density at radius 2 is 1.84 bits per heavy atom. The van der Waals surface area contributed by atoms with E-state index in [0.717, 1.165) is 21.7 Å². The van der Waals surface area contributed by atoms with Crippen LogP contribution in [-0.2, 0) is 4.79 Å². The molecule has 2 amide bonds. The molecule has 4 nitrogen and oxygen atoms in total. The Hall–Kier alpha value is -2.92. The highest BCUT2D eigenvalue weighted by Crippen LogP contribution is 2.45. The highest BCUT2D eigenvalue weighted by Gasteiger charge is 2.44. The molecule has 4 rings (SSSR count). The molecule has 0 saturated heterocycles. The molecule has 1 aromatic heterocycles. The summed E-state index contributed by atoms with van der Waals surface area (Å²) >= 11 is 1.59. The van der Waals surface area contributed by atoms with Gasteiger partial charge in [0.05, 0.1) is 12.0 Å². The lowest BCUT2D eigenvalue weighted by Gasteiger charge is -2.42. The quantitative estimate of drug-likeness (QED) is 0.542. The summed E-state index contributed by atoms with van der Waals surface area (Å²) in [6, 6.07) is 17.2. The van der Waals surface area contributed by atoms with Gasteiger partial charge < -0.3 is 10.2 Å². The molecule has 2 aromatic carbocycles. The van der Waals surface area contributed by atoms with E-state index in [2.05, 4.69) is 26.1 Å². The minimum atomic E-state index is -0.479. The van der Waals surface area contributed by atoms with E-state index in [1.54, 1.807) is 11.3 Å². The van der Waals surface area contributed by atoms with Crippen molar-refractivity contribution in [1.29, 1.82) is 0 Å². The van der Waals surface area contributed by atoms with Gasteiger partial charge in [0, 0.05) is 22.7 Å². The number of anilines is 1. The maximum Gasteiger partial charge on any atom is 0.254 e. The Kier molecular flexibility index (Phi) is 5.96. The molecule has 0 bridgehead atoms. The lowest BCUT2D eigenvalue weighted by Crippen LogP contribution is -2.47. The number of thiophene rings is 1. The van der Waals surface area contributed by atoms with Crippen LogP contribution in [0.15, 0.2) is 60.0 Å². The van der Waals surface area contributed by atoms with Crippen molar-refractivity contribution in [3.05, 3.63) is 87.1 Å². The number of carbonyl (C=O) groups excluding carboxylic acids is 2. The number of carbonyl (C=O) groups is 2. The zero-order valence-electron chi connectivity index (χ0n) is 18.4. The number of aryl methyl sites for hydroxylation is 2. The van der Waals surface area contributed by atoms with Crippen molar-refractivity contribution < 1.29 is 9.59 Å². The summed E-state index contributed by atoms with van der Waals surface area (Å²) in [4.78, 5) is 30.1. The fourth-order valence-electron chi connectivity index (χ4n) is 4.29. The molecule has 0 spiro atoms. The van der Waals surface area contributed by atoms with Crippen LogP contribution in [0, 0.1) is 19.8 Å². The third-order valence-corrected chi connectivity index (χ3v) is 6.84. The average Bonchev–Trinajstić information content (AvgIpc) is 3.26. The van der Waals surface area contributed by atoms with E-state index in [1.807, 2.05) is 71.8 Å². The Labute approximate surface area is 187 Å². The minimum absolute atomic E-state index is 0.00192. The van der Waals surface area contributed by atoms with Crippen LogP contribution >= 0.6 is 11.3 Å². The number of hydrogen-bond acceptors (Lipinski definition) is 3. The summed E-state index contributed by atoms with van der Waals surface area (Å²) in [6.45, 7) is 8.90. The zero-order valence-corrected chi connectivity index (χ0v) is 19.2. The molecule has 5 heteroatoms. The Balaban J connectivity index is 1.81. The average molecular weight is 433 g/mol. The molecule has 1 N–H and O–H groups in total. The minimum Gasteiger partial charge on any atom is -0.329 e. The largest absolute Gasteiger partial charge is 0.329 e. The van der Waals surface area contributed by atoms with E-state index in [0.29, 0.717) is 18.0 Å². The molecule has 160 valence electrons. The molecular formula is C26H28N2O2S. The van der Waals surface area contributed by atoms with E-state index in [9.17, 15) is 9.59 Å². The van der Waals surface area contributed by atoms with E-state index < -0.39 is 5.92 Å². The van der Waals surface area contributed by atoms with Crippen molar-refractivity contribution in [3.63, 3.8) is 0 Å². The molecule has 2 atom stereocenters. The Bertz CT molecular complexity index is 1100. The van der Waals surface area contributed by atoms with Gasteiger partial charge in [-0.15, -0.1) is 11.3 Å². The first-order valence-electron chi connectivity index (χ1n) is 10.7. The van der Waals surface area contributed by atoms with Gasteiger partial charge in [-0.05, 0) is 66.1 Å². The highest BCUT2D eigenvalue weighted by molar-refractivity contribution is 7.10. The SMILES string of the molecule is Cc1ccc(NC(=O)[C@H]2c3ccccc3C(=O)N(CC(C)C)[C@H]2c2cccs2)cc1C. The summed E-state index contributed by atoms with van der Waals surface area (Å²) < 4.78 is 0. The monoisotopic (exact) mass is 432 g/mol. The lowest BCUT2D eigenvalue weighted by molar-refractivity contribution is -0.119. The predicted molar refractivity (Wildman–Crippen MR) is 127 cm³/mol. The fraction of sp³-hybridized carbons (Fsp3) is 0.308. The van der Waals surface area contributed by atoms with Gasteiger partial charge in [-0.3, -0.25) is 9.59 Å². The number of nitrogens with one attached hydrogen (secondary N) is 1. The fourth-order valence-corrected chi connectivity index (χ4v) is 5.16. The summed E-state index contributed by atoms with van der Waals surface area (Å²) in [5, 5.41) is 5.14. The summed E-state index contributed by atoms with van der Waals surface area (Å²) in [7, 11) is 0. The number of nitrogens with zero attached hydrogens (tertiary/aromatic N) is 1. The van der Waals surface area contributed by atoms with E-state index in [-0.39, 0.29) is 17.9 Å².